The van der Waals surface area contributed by atoms with E-state index >= 15 is 0 Å². The van der Waals surface area contributed by atoms with E-state index in [1.54, 1.807) is 26.2 Å². The van der Waals surface area contributed by atoms with Crippen LogP contribution in [-0.4, -0.2) is 51.1 Å². The highest BCUT2D eigenvalue weighted by Crippen LogP contribution is 2.43. The second-order valence-corrected chi connectivity index (χ2v) is 8.44. The molecule has 1 saturated heterocycles. The zero-order valence-corrected chi connectivity index (χ0v) is 20.9. The Morgan fingerprint density at radius 3 is 2.29 bits per heavy atom. The van der Waals surface area contributed by atoms with Crippen molar-refractivity contribution in [2.75, 3.05) is 39.3 Å². The van der Waals surface area contributed by atoms with Gasteiger partial charge in [-0.1, -0.05) is 19.4 Å². The number of hydrogen-bond donors (Lipinski definition) is 0. The largest absolute Gasteiger partial charge is 0.497 e. The van der Waals surface area contributed by atoms with Gasteiger partial charge < -0.3 is 24.0 Å². The van der Waals surface area contributed by atoms with Gasteiger partial charge in [0.05, 0.1) is 33.3 Å². The molecule has 2 atom stereocenters. The van der Waals surface area contributed by atoms with Crippen LogP contribution in [0.15, 0.2) is 42.5 Å². The zero-order chi connectivity index (χ0) is 24.7. The van der Waals surface area contributed by atoms with Gasteiger partial charge in [-0.05, 0) is 61.7 Å². The Hall–Kier alpha value is -3.22. The summed E-state index contributed by atoms with van der Waals surface area (Å²) in [5, 5.41) is 0. The van der Waals surface area contributed by atoms with Crippen LogP contribution in [0.2, 0.25) is 0 Å². The monoisotopic (exact) mass is 468 g/mol. The van der Waals surface area contributed by atoms with E-state index in [-0.39, 0.29) is 17.7 Å². The average Bonchev–Trinajstić information content (AvgIpc) is 2.88. The van der Waals surface area contributed by atoms with Gasteiger partial charge in [0, 0.05) is 25.2 Å². The molecular formula is C27H36N2O5. The van der Waals surface area contributed by atoms with Crippen LogP contribution in [-0.2, 0) is 9.59 Å². The molecule has 0 aliphatic carbocycles. The van der Waals surface area contributed by atoms with E-state index in [1.165, 1.54) is 0 Å². The number of amides is 2. The minimum atomic E-state index is -0.461. The molecule has 3 rings (SSSR count). The number of anilines is 1. The summed E-state index contributed by atoms with van der Waals surface area (Å²) in [6, 6.07) is 12.6. The molecule has 184 valence electrons. The molecular weight excluding hydrogens is 432 g/mol. The third kappa shape index (κ3) is 5.29. The van der Waals surface area contributed by atoms with E-state index in [0.717, 1.165) is 30.6 Å². The Bertz CT molecular complexity index is 975. The summed E-state index contributed by atoms with van der Waals surface area (Å²) in [6.45, 7) is 5.49. The van der Waals surface area contributed by atoms with E-state index < -0.39 is 6.04 Å². The Labute approximate surface area is 202 Å². The van der Waals surface area contributed by atoms with E-state index in [4.69, 9.17) is 14.2 Å². The second kappa shape index (κ2) is 11.8. The first-order chi connectivity index (χ1) is 16.5. The fraction of sp³-hybridized carbons (Fsp3) is 0.481. The summed E-state index contributed by atoms with van der Waals surface area (Å²) in [6.07, 6.45) is 2.79. The van der Waals surface area contributed by atoms with Crippen molar-refractivity contribution in [1.82, 2.24) is 4.90 Å². The molecule has 0 unspecified atom stereocenters. The van der Waals surface area contributed by atoms with Gasteiger partial charge in [-0.3, -0.25) is 9.59 Å². The van der Waals surface area contributed by atoms with E-state index in [0.29, 0.717) is 36.6 Å². The molecule has 2 aromatic carbocycles. The van der Waals surface area contributed by atoms with Crippen molar-refractivity contribution in [2.24, 2.45) is 5.92 Å². The fourth-order valence-electron chi connectivity index (χ4n) is 4.62. The Morgan fingerprint density at radius 1 is 1.00 bits per heavy atom. The van der Waals surface area contributed by atoms with Crippen LogP contribution >= 0.6 is 0 Å². The molecule has 34 heavy (non-hydrogen) atoms. The minimum absolute atomic E-state index is 0.00870. The average molecular weight is 469 g/mol. The van der Waals surface area contributed by atoms with E-state index in [2.05, 4.69) is 6.92 Å². The standard InChI is InChI=1S/C27H36N2O5/c1-6-8-17-28(7-2)27(31)22-14-16-25(30)29(20-10-12-21(32-3)13-11-20)26(22)19-9-15-23(33-4)24(18-19)34-5/h9-13,15,18,22,26H,6-8,14,16-17H2,1-5H3/t22-,26-/m1/s1. The van der Waals surface area contributed by atoms with Crippen molar-refractivity contribution in [3.05, 3.63) is 48.0 Å². The molecule has 7 nitrogen and oxygen atoms in total. The van der Waals surface area contributed by atoms with E-state index in [9.17, 15) is 9.59 Å². The van der Waals surface area contributed by atoms with Crippen LogP contribution in [0.4, 0.5) is 5.69 Å². The molecule has 0 saturated carbocycles. The number of ether oxygens (including phenoxy) is 3. The van der Waals surface area contributed by atoms with Crippen LogP contribution in [0.3, 0.4) is 0 Å². The lowest BCUT2D eigenvalue weighted by atomic mass is 9.82. The molecule has 0 bridgehead atoms. The lowest BCUT2D eigenvalue weighted by molar-refractivity contribution is -0.138. The lowest BCUT2D eigenvalue weighted by Crippen LogP contribution is -2.49. The van der Waals surface area contributed by atoms with Gasteiger partial charge in [-0.15, -0.1) is 0 Å². The van der Waals surface area contributed by atoms with Crippen LogP contribution in [0.5, 0.6) is 17.2 Å². The Balaban J connectivity index is 2.10. The number of benzene rings is 2. The molecule has 1 fully saturated rings. The quantitative estimate of drug-likeness (QED) is 0.499. The predicted molar refractivity (Wildman–Crippen MR) is 133 cm³/mol. The van der Waals surface area contributed by atoms with Gasteiger partial charge in [-0.25, -0.2) is 0 Å². The van der Waals surface area contributed by atoms with Crippen LogP contribution in [0, 0.1) is 5.92 Å². The molecule has 0 spiro atoms. The molecule has 1 heterocycles. The second-order valence-electron chi connectivity index (χ2n) is 8.44. The number of carbonyl (C=O) groups excluding carboxylic acids is 2. The number of nitrogens with zero attached hydrogens (tertiary/aromatic N) is 2. The lowest BCUT2D eigenvalue weighted by Gasteiger charge is -2.42. The summed E-state index contributed by atoms with van der Waals surface area (Å²) in [5.41, 5.74) is 1.58. The summed E-state index contributed by atoms with van der Waals surface area (Å²) < 4.78 is 16.3. The van der Waals surface area contributed by atoms with Gasteiger partial charge in [0.15, 0.2) is 11.5 Å². The topological polar surface area (TPSA) is 68.3 Å². The maximum Gasteiger partial charge on any atom is 0.228 e. The van der Waals surface area contributed by atoms with Crippen molar-refractivity contribution >= 4 is 17.5 Å². The SMILES string of the molecule is CCCCN(CC)C(=O)[C@@H]1CCC(=O)N(c2ccc(OC)cc2)[C@@H]1c1ccc(OC)c(OC)c1. The minimum Gasteiger partial charge on any atom is -0.497 e. The molecule has 7 heteroatoms. The van der Waals surface area contributed by atoms with Gasteiger partial charge in [-0.2, -0.15) is 0 Å². The zero-order valence-electron chi connectivity index (χ0n) is 20.9. The smallest absolute Gasteiger partial charge is 0.228 e. The van der Waals surface area contributed by atoms with Crippen LogP contribution in [0.1, 0.15) is 51.1 Å². The number of rotatable bonds is 10. The Morgan fingerprint density at radius 2 is 1.71 bits per heavy atom. The van der Waals surface area contributed by atoms with Gasteiger partial charge in [0.1, 0.15) is 5.75 Å². The Kier molecular flexibility index (Phi) is 8.79. The normalized spacial score (nSPS) is 17.9. The first kappa shape index (κ1) is 25.4. The highest BCUT2D eigenvalue weighted by atomic mass is 16.5. The van der Waals surface area contributed by atoms with Gasteiger partial charge in [0.25, 0.3) is 0 Å². The number of carbonyl (C=O) groups is 2. The summed E-state index contributed by atoms with van der Waals surface area (Å²) in [4.78, 5) is 30.8. The highest BCUT2D eigenvalue weighted by molar-refractivity contribution is 5.97. The third-order valence-corrected chi connectivity index (χ3v) is 6.49. The van der Waals surface area contributed by atoms with Crippen LogP contribution in [0.25, 0.3) is 0 Å². The molecule has 2 aromatic rings. The fourth-order valence-corrected chi connectivity index (χ4v) is 4.62. The molecule has 2 amide bonds. The maximum absolute atomic E-state index is 13.8. The number of unbranched alkanes of at least 4 members (excludes halogenated alkanes) is 1. The van der Waals surface area contributed by atoms with Crippen LogP contribution < -0.4 is 19.1 Å². The summed E-state index contributed by atoms with van der Waals surface area (Å²) in [5.74, 6) is 1.59. The summed E-state index contributed by atoms with van der Waals surface area (Å²) >= 11 is 0. The van der Waals surface area contributed by atoms with Crippen molar-refractivity contribution in [2.45, 2.75) is 45.6 Å². The van der Waals surface area contributed by atoms with Crippen molar-refractivity contribution < 1.29 is 23.8 Å². The first-order valence-electron chi connectivity index (χ1n) is 12.0. The predicted octanol–water partition coefficient (Wildman–Crippen LogP) is 4.85. The molecule has 0 N–H and O–H groups in total. The maximum atomic E-state index is 13.8. The number of piperidine rings is 1. The van der Waals surface area contributed by atoms with Gasteiger partial charge >= 0.3 is 0 Å². The third-order valence-electron chi connectivity index (χ3n) is 6.49. The molecule has 1 aliphatic heterocycles. The number of hydrogen-bond acceptors (Lipinski definition) is 5. The molecule has 0 radical (unpaired) electrons. The number of methoxy groups -OCH3 is 3. The molecule has 1 aliphatic rings. The van der Waals surface area contributed by atoms with Gasteiger partial charge in [0.2, 0.25) is 11.8 Å². The van der Waals surface area contributed by atoms with Crippen molar-refractivity contribution in [3.63, 3.8) is 0 Å². The van der Waals surface area contributed by atoms with Crippen molar-refractivity contribution in [1.29, 1.82) is 0 Å². The molecule has 0 aromatic heterocycles. The highest BCUT2D eigenvalue weighted by Gasteiger charge is 2.43. The summed E-state index contributed by atoms with van der Waals surface area (Å²) in [7, 11) is 4.78. The first-order valence-corrected chi connectivity index (χ1v) is 12.0. The van der Waals surface area contributed by atoms with E-state index in [1.807, 2.05) is 54.3 Å². The van der Waals surface area contributed by atoms with Crippen molar-refractivity contribution in [3.8, 4) is 17.2 Å².